The summed E-state index contributed by atoms with van der Waals surface area (Å²) in [6.45, 7) is 0.882. The minimum atomic E-state index is -0.584. The highest BCUT2D eigenvalue weighted by atomic mass is 16.5. The Labute approximate surface area is 172 Å². The monoisotopic (exact) mass is 392 g/mol. The van der Waals surface area contributed by atoms with Gasteiger partial charge in [-0.25, -0.2) is 0 Å². The average molecular weight is 392 g/mol. The van der Waals surface area contributed by atoms with Crippen LogP contribution in [0.1, 0.15) is 41.6 Å². The number of hydrogen-bond acceptors (Lipinski definition) is 3. The number of hydrogen-bond donors (Lipinski definition) is 1. The van der Waals surface area contributed by atoms with Gasteiger partial charge in [0.25, 0.3) is 5.91 Å². The maximum Gasteiger partial charge on any atom is 0.253 e. The van der Waals surface area contributed by atoms with Gasteiger partial charge in [-0.15, -0.1) is 0 Å². The first-order chi connectivity index (χ1) is 14.1. The van der Waals surface area contributed by atoms with Gasteiger partial charge in [0, 0.05) is 24.7 Å². The summed E-state index contributed by atoms with van der Waals surface area (Å²) in [5, 5.41) is 3.26. The van der Waals surface area contributed by atoms with Crippen molar-refractivity contribution in [3.63, 3.8) is 0 Å². The number of nitrogens with one attached hydrogen (secondary N) is 1. The minimum absolute atomic E-state index is 0.0134. The van der Waals surface area contributed by atoms with Crippen LogP contribution in [0.3, 0.4) is 0 Å². The summed E-state index contributed by atoms with van der Waals surface area (Å²) in [4.78, 5) is 27.9. The minimum Gasteiger partial charge on any atom is -0.497 e. The fourth-order valence-electron chi connectivity index (χ4n) is 4.51. The van der Waals surface area contributed by atoms with Crippen LogP contribution in [0.4, 0.5) is 0 Å². The van der Waals surface area contributed by atoms with E-state index < -0.39 is 5.41 Å². The highest BCUT2D eigenvalue weighted by Crippen LogP contribution is 2.37. The zero-order valence-electron chi connectivity index (χ0n) is 16.9. The lowest BCUT2D eigenvalue weighted by molar-refractivity contribution is -0.140. The van der Waals surface area contributed by atoms with Crippen LogP contribution in [0, 0.1) is 5.41 Å². The Morgan fingerprint density at radius 2 is 1.79 bits per heavy atom. The number of rotatable bonds is 6. The zero-order chi connectivity index (χ0) is 20.3. The standard InChI is InChI=1S/C24H28N2O3/c1-29-21-13-7-8-18(14-21)15-24(23(28)25-20-11-5-6-12-20)16-26(17-24)22(27)19-9-3-2-4-10-19/h2-4,7-10,13-14,20H,5-6,11-12,15-17H2,1H3,(H,25,28). The summed E-state index contributed by atoms with van der Waals surface area (Å²) in [7, 11) is 1.64. The fraction of sp³-hybridized carbons (Fsp3) is 0.417. The Bertz CT molecular complexity index is 869. The van der Waals surface area contributed by atoms with Gasteiger partial charge < -0.3 is 15.0 Å². The molecule has 1 aliphatic carbocycles. The van der Waals surface area contributed by atoms with E-state index in [0.29, 0.717) is 25.1 Å². The predicted molar refractivity (Wildman–Crippen MR) is 112 cm³/mol. The topological polar surface area (TPSA) is 58.6 Å². The van der Waals surface area contributed by atoms with E-state index in [4.69, 9.17) is 4.74 Å². The van der Waals surface area contributed by atoms with Gasteiger partial charge >= 0.3 is 0 Å². The fourth-order valence-corrected chi connectivity index (χ4v) is 4.51. The molecule has 2 aliphatic rings. The van der Waals surface area contributed by atoms with Crippen LogP contribution in [-0.4, -0.2) is 43.0 Å². The van der Waals surface area contributed by atoms with Crippen molar-refractivity contribution in [1.29, 1.82) is 0 Å². The summed E-state index contributed by atoms with van der Waals surface area (Å²) in [6, 6.07) is 17.4. The van der Waals surface area contributed by atoms with Gasteiger partial charge in [0.2, 0.25) is 5.91 Å². The number of carbonyl (C=O) groups excluding carboxylic acids is 2. The second-order valence-corrected chi connectivity index (χ2v) is 8.29. The van der Waals surface area contributed by atoms with E-state index in [2.05, 4.69) is 5.32 Å². The molecule has 0 bridgehead atoms. The Morgan fingerprint density at radius 1 is 1.07 bits per heavy atom. The summed E-state index contributed by atoms with van der Waals surface area (Å²) >= 11 is 0. The number of methoxy groups -OCH3 is 1. The molecule has 1 aliphatic heterocycles. The third-order valence-corrected chi connectivity index (χ3v) is 6.14. The van der Waals surface area contributed by atoms with E-state index in [-0.39, 0.29) is 17.9 Å². The molecule has 0 unspecified atom stereocenters. The summed E-state index contributed by atoms with van der Waals surface area (Å²) in [5.41, 5.74) is 1.13. The Morgan fingerprint density at radius 3 is 2.48 bits per heavy atom. The molecule has 2 aromatic carbocycles. The second-order valence-electron chi connectivity index (χ2n) is 8.29. The summed E-state index contributed by atoms with van der Waals surface area (Å²) in [5.74, 6) is 0.843. The molecule has 5 nitrogen and oxygen atoms in total. The molecule has 0 aromatic heterocycles. The van der Waals surface area contributed by atoms with Crippen molar-refractivity contribution in [1.82, 2.24) is 10.2 Å². The van der Waals surface area contributed by atoms with Crippen molar-refractivity contribution in [3.8, 4) is 5.75 Å². The van der Waals surface area contributed by atoms with Gasteiger partial charge in [0.1, 0.15) is 5.75 Å². The Balaban J connectivity index is 1.52. The van der Waals surface area contributed by atoms with E-state index in [0.717, 1.165) is 24.2 Å². The summed E-state index contributed by atoms with van der Waals surface area (Å²) < 4.78 is 5.34. The number of amides is 2. The molecule has 5 heteroatoms. The van der Waals surface area contributed by atoms with Crippen molar-refractivity contribution in [2.24, 2.45) is 5.41 Å². The van der Waals surface area contributed by atoms with E-state index in [1.54, 1.807) is 12.0 Å². The molecule has 2 fully saturated rings. The molecule has 29 heavy (non-hydrogen) atoms. The van der Waals surface area contributed by atoms with Crippen LogP contribution < -0.4 is 10.1 Å². The molecule has 0 radical (unpaired) electrons. The molecule has 2 amide bonds. The molecular weight excluding hydrogens is 364 g/mol. The third kappa shape index (κ3) is 4.14. The normalized spacial score (nSPS) is 18.2. The first-order valence-corrected chi connectivity index (χ1v) is 10.4. The average Bonchev–Trinajstić information content (AvgIpc) is 3.23. The molecule has 2 aromatic rings. The highest BCUT2D eigenvalue weighted by Gasteiger charge is 2.51. The van der Waals surface area contributed by atoms with Gasteiger partial charge in [-0.3, -0.25) is 9.59 Å². The molecule has 1 N–H and O–H groups in total. The Kier molecular flexibility index (Phi) is 5.56. The third-order valence-electron chi connectivity index (χ3n) is 6.14. The van der Waals surface area contributed by atoms with Gasteiger partial charge in [0.15, 0.2) is 0 Å². The second kappa shape index (κ2) is 8.27. The first kappa shape index (κ1) is 19.5. The van der Waals surface area contributed by atoms with Gasteiger partial charge in [-0.2, -0.15) is 0 Å². The van der Waals surface area contributed by atoms with Crippen LogP contribution in [-0.2, 0) is 11.2 Å². The largest absolute Gasteiger partial charge is 0.497 e. The van der Waals surface area contributed by atoms with Crippen LogP contribution in [0.25, 0.3) is 0 Å². The van der Waals surface area contributed by atoms with Gasteiger partial charge in [-0.1, -0.05) is 43.2 Å². The first-order valence-electron chi connectivity index (χ1n) is 10.4. The smallest absolute Gasteiger partial charge is 0.253 e. The maximum atomic E-state index is 13.3. The van der Waals surface area contributed by atoms with E-state index >= 15 is 0 Å². The summed E-state index contributed by atoms with van der Waals surface area (Å²) in [6.07, 6.45) is 5.04. The maximum absolute atomic E-state index is 13.3. The molecule has 0 atom stereocenters. The van der Waals surface area contributed by atoms with Crippen LogP contribution in [0.15, 0.2) is 54.6 Å². The predicted octanol–water partition coefficient (Wildman–Crippen LogP) is 3.44. The highest BCUT2D eigenvalue weighted by molar-refractivity contribution is 5.97. The molecular formula is C24H28N2O3. The molecule has 1 saturated carbocycles. The van der Waals surface area contributed by atoms with Crippen molar-refractivity contribution in [3.05, 3.63) is 65.7 Å². The van der Waals surface area contributed by atoms with Crippen LogP contribution in [0.5, 0.6) is 5.75 Å². The lowest BCUT2D eigenvalue weighted by Crippen LogP contribution is -2.66. The Hall–Kier alpha value is -2.82. The number of ether oxygens (including phenoxy) is 1. The molecule has 4 rings (SSSR count). The number of benzene rings is 2. The molecule has 0 spiro atoms. The van der Waals surface area contributed by atoms with Gasteiger partial charge in [0.05, 0.1) is 12.5 Å². The van der Waals surface area contributed by atoms with Crippen molar-refractivity contribution in [2.45, 2.75) is 38.1 Å². The number of carbonyl (C=O) groups is 2. The van der Waals surface area contributed by atoms with Gasteiger partial charge in [-0.05, 0) is 49.1 Å². The molecule has 1 saturated heterocycles. The lowest BCUT2D eigenvalue weighted by Gasteiger charge is -2.49. The van der Waals surface area contributed by atoms with E-state index in [9.17, 15) is 9.59 Å². The quantitative estimate of drug-likeness (QED) is 0.819. The van der Waals surface area contributed by atoms with Crippen molar-refractivity contribution < 1.29 is 14.3 Å². The van der Waals surface area contributed by atoms with E-state index in [1.807, 2.05) is 54.6 Å². The van der Waals surface area contributed by atoms with Crippen LogP contribution >= 0.6 is 0 Å². The van der Waals surface area contributed by atoms with E-state index in [1.165, 1.54) is 12.8 Å². The van der Waals surface area contributed by atoms with Crippen molar-refractivity contribution in [2.75, 3.05) is 20.2 Å². The van der Waals surface area contributed by atoms with Crippen LogP contribution in [0.2, 0.25) is 0 Å². The van der Waals surface area contributed by atoms with Crippen molar-refractivity contribution >= 4 is 11.8 Å². The number of likely N-dealkylation sites (tertiary alicyclic amines) is 1. The molecule has 1 heterocycles. The lowest BCUT2D eigenvalue weighted by atomic mass is 9.73. The molecule has 152 valence electrons. The number of nitrogens with zero attached hydrogens (tertiary/aromatic N) is 1. The zero-order valence-corrected chi connectivity index (χ0v) is 16.9. The SMILES string of the molecule is COc1cccc(CC2(C(=O)NC3CCCC3)CN(C(=O)c3ccccc3)C2)c1.